The zero-order valence-corrected chi connectivity index (χ0v) is 16.0. The Balaban J connectivity index is 1.64. The van der Waals surface area contributed by atoms with E-state index >= 15 is 0 Å². The molecule has 0 saturated carbocycles. The van der Waals surface area contributed by atoms with Crippen LogP contribution in [0.25, 0.3) is 6.08 Å². The minimum absolute atomic E-state index is 0.0150. The summed E-state index contributed by atoms with van der Waals surface area (Å²) in [5, 5.41) is 8.54. The quantitative estimate of drug-likeness (QED) is 0.674. The highest BCUT2D eigenvalue weighted by molar-refractivity contribution is 5.92. The number of hydrogen-bond donors (Lipinski definition) is 0. The van der Waals surface area contributed by atoms with Crippen LogP contribution in [0.3, 0.4) is 0 Å². The summed E-state index contributed by atoms with van der Waals surface area (Å²) < 4.78 is 10.7. The van der Waals surface area contributed by atoms with Gasteiger partial charge in [0.05, 0.1) is 12.6 Å². The van der Waals surface area contributed by atoms with Crippen molar-refractivity contribution in [3.63, 3.8) is 0 Å². The largest absolute Gasteiger partial charge is 0.494 e. The standard InChI is InChI=1S/C23H24N2O3/c1-2-27-20-12-8-19(9-13-20)22-4-3-16-25(22)23(26)14-7-18-5-10-21(11-6-18)28-17-15-24/h5-14,22H,2-4,16-17H2,1H3/b14-7+. The maximum atomic E-state index is 12.7. The molecule has 2 aromatic carbocycles. The molecule has 1 saturated heterocycles. The van der Waals surface area contributed by atoms with Crippen molar-refractivity contribution in [2.45, 2.75) is 25.8 Å². The van der Waals surface area contributed by atoms with E-state index in [0.29, 0.717) is 12.4 Å². The minimum atomic E-state index is 0.0150. The fourth-order valence-electron chi connectivity index (χ4n) is 3.38. The number of nitriles is 1. The van der Waals surface area contributed by atoms with Crippen LogP contribution >= 0.6 is 0 Å². The molecule has 0 N–H and O–H groups in total. The molecule has 0 radical (unpaired) electrons. The molecule has 5 heteroatoms. The zero-order valence-electron chi connectivity index (χ0n) is 16.0. The Kier molecular flexibility index (Phi) is 6.69. The van der Waals surface area contributed by atoms with Crippen molar-refractivity contribution >= 4 is 12.0 Å². The summed E-state index contributed by atoms with van der Waals surface area (Å²) in [7, 11) is 0. The maximum absolute atomic E-state index is 12.7. The van der Waals surface area contributed by atoms with Gasteiger partial charge in [-0.1, -0.05) is 24.3 Å². The molecular formula is C23H24N2O3. The van der Waals surface area contributed by atoms with E-state index < -0.39 is 0 Å². The lowest BCUT2D eigenvalue weighted by molar-refractivity contribution is -0.126. The van der Waals surface area contributed by atoms with E-state index in [4.69, 9.17) is 14.7 Å². The van der Waals surface area contributed by atoms with Crippen LogP contribution < -0.4 is 9.47 Å². The van der Waals surface area contributed by atoms with Gasteiger partial charge in [-0.05, 0) is 61.2 Å². The summed E-state index contributed by atoms with van der Waals surface area (Å²) >= 11 is 0. The van der Waals surface area contributed by atoms with Crippen molar-refractivity contribution in [2.24, 2.45) is 0 Å². The molecular weight excluding hydrogens is 352 g/mol. The molecule has 0 aromatic heterocycles. The van der Waals surface area contributed by atoms with Gasteiger partial charge in [0.15, 0.2) is 6.61 Å². The Morgan fingerprint density at radius 1 is 1.14 bits per heavy atom. The van der Waals surface area contributed by atoms with Crippen LogP contribution in [0.4, 0.5) is 0 Å². The molecule has 5 nitrogen and oxygen atoms in total. The van der Waals surface area contributed by atoms with Gasteiger partial charge in [-0.3, -0.25) is 4.79 Å². The fraction of sp³-hybridized carbons (Fsp3) is 0.304. The van der Waals surface area contributed by atoms with Crippen LogP contribution in [0, 0.1) is 11.3 Å². The van der Waals surface area contributed by atoms with Gasteiger partial charge in [-0.15, -0.1) is 0 Å². The first-order valence-corrected chi connectivity index (χ1v) is 9.52. The molecule has 1 heterocycles. The normalized spacial score (nSPS) is 16.1. The summed E-state index contributed by atoms with van der Waals surface area (Å²) in [5.74, 6) is 1.51. The third kappa shape index (κ3) is 4.92. The Hall–Kier alpha value is -3.26. The molecule has 28 heavy (non-hydrogen) atoms. The first-order valence-electron chi connectivity index (χ1n) is 9.52. The highest BCUT2D eigenvalue weighted by atomic mass is 16.5. The predicted octanol–water partition coefficient (Wildman–Crippen LogP) is 4.36. The molecule has 0 bridgehead atoms. The van der Waals surface area contributed by atoms with Crippen LogP contribution in [-0.2, 0) is 4.79 Å². The molecule has 1 atom stereocenters. The molecule has 1 aliphatic heterocycles. The number of nitrogens with zero attached hydrogens (tertiary/aromatic N) is 2. The lowest BCUT2D eigenvalue weighted by Gasteiger charge is -2.24. The highest BCUT2D eigenvalue weighted by Crippen LogP contribution is 2.33. The second-order valence-electron chi connectivity index (χ2n) is 6.54. The Morgan fingerprint density at radius 3 is 2.50 bits per heavy atom. The van der Waals surface area contributed by atoms with E-state index in [1.165, 1.54) is 0 Å². The van der Waals surface area contributed by atoms with Crippen molar-refractivity contribution in [3.05, 3.63) is 65.7 Å². The third-order valence-electron chi connectivity index (χ3n) is 4.71. The number of carbonyl (C=O) groups excluding carboxylic acids is 1. The number of ether oxygens (including phenoxy) is 2. The first kappa shape index (κ1) is 19.5. The van der Waals surface area contributed by atoms with Gasteiger partial charge in [0.1, 0.15) is 17.6 Å². The number of hydrogen-bond acceptors (Lipinski definition) is 4. The molecule has 1 fully saturated rings. The Bertz CT molecular complexity index is 851. The van der Waals surface area contributed by atoms with E-state index in [9.17, 15) is 4.79 Å². The summed E-state index contributed by atoms with van der Waals surface area (Å²) in [5.41, 5.74) is 2.05. The maximum Gasteiger partial charge on any atom is 0.247 e. The summed E-state index contributed by atoms with van der Waals surface area (Å²) in [6.45, 7) is 3.39. The van der Waals surface area contributed by atoms with Crippen molar-refractivity contribution in [3.8, 4) is 17.6 Å². The summed E-state index contributed by atoms with van der Waals surface area (Å²) in [4.78, 5) is 14.7. The van der Waals surface area contributed by atoms with Crippen molar-refractivity contribution in [1.82, 2.24) is 4.90 Å². The van der Waals surface area contributed by atoms with Gasteiger partial charge in [0, 0.05) is 12.6 Å². The first-order chi connectivity index (χ1) is 13.7. The van der Waals surface area contributed by atoms with E-state index in [-0.39, 0.29) is 18.6 Å². The highest BCUT2D eigenvalue weighted by Gasteiger charge is 2.28. The van der Waals surface area contributed by atoms with Crippen molar-refractivity contribution in [1.29, 1.82) is 5.26 Å². The van der Waals surface area contributed by atoms with E-state index in [1.807, 2.05) is 60.4 Å². The van der Waals surface area contributed by atoms with E-state index in [0.717, 1.165) is 36.3 Å². The second-order valence-corrected chi connectivity index (χ2v) is 6.54. The van der Waals surface area contributed by atoms with E-state index in [1.54, 1.807) is 18.2 Å². The third-order valence-corrected chi connectivity index (χ3v) is 4.71. The summed E-state index contributed by atoms with van der Waals surface area (Å²) in [6, 6.07) is 17.4. The second kappa shape index (κ2) is 9.61. The number of carbonyl (C=O) groups is 1. The minimum Gasteiger partial charge on any atom is -0.494 e. The molecule has 0 spiro atoms. The number of benzene rings is 2. The number of likely N-dealkylation sites (tertiary alicyclic amines) is 1. The fourth-order valence-corrected chi connectivity index (χ4v) is 3.38. The monoisotopic (exact) mass is 376 g/mol. The molecule has 2 aromatic rings. The SMILES string of the molecule is CCOc1ccc(C2CCCN2C(=O)/C=C/c2ccc(OCC#N)cc2)cc1. The average molecular weight is 376 g/mol. The molecule has 1 aliphatic rings. The van der Waals surface area contributed by atoms with E-state index in [2.05, 4.69) is 0 Å². The molecule has 3 rings (SSSR count). The van der Waals surface area contributed by atoms with Crippen LogP contribution in [-0.4, -0.2) is 30.6 Å². The zero-order chi connectivity index (χ0) is 19.8. The number of rotatable bonds is 7. The van der Waals surface area contributed by atoms with Gasteiger partial charge < -0.3 is 14.4 Å². The van der Waals surface area contributed by atoms with Gasteiger partial charge >= 0.3 is 0 Å². The van der Waals surface area contributed by atoms with Crippen molar-refractivity contribution in [2.75, 3.05) is 19.8 Å². The Labute approximate surface area is 165 Å². The van der Waals surface area contributed by atoms with Gasteiger partial charge in [-0.25, -0.2) is 0 Å². The topological polar surface area (TPSA) is 62.6 Å². The van der Waals surface area contributed by atoms with Crippen LogP contribution in [0.15, 0.2) is 54.6 Å². The average Bonchev–Trinajstić information content (AvgIpc) is 3.22. The lowest BCUT2D eigenvalue weighted by atomic mass is 10.0. The van der Waals surface area contributed by atoms with Gasteiger partial charge in [0.25, 0.3) is 0 Å². The van der Waals surface area contributed by atoms with Crippen LogP contribution in [0.2, 0.25) is 0 Å². The molecule has 1 amide bonds. The van der Waals surface area contributed by atoms with Crippen molar-refractivity contribution < 1.29 is 14.3 Å². The van der Waals surface area contributed by atoms with Gasteiger partial charge in [-0.2, -0.15) is 5.26 Å². The predicted molar refractivity (Wildman–Crippen MR) is 108 cm³/mol. The van der Waals surface area contributed by atoms with Gasteiger partial charge in [0.2, 0.25) is 5.91 Å². The smallest absolute Gasteiger partial charge is 0.247 e. The summed E-state index contributed by atoms with van der Waals surface area (Å²) in [6.07, 6.45) is 5.41. The molecule has 0 aliphatic carbocycles. The Morgan fingerprint density at radius 2 is 1.82 bits per heavy atom. The molecule has 144 valence electrons. The number of amides is 1. The van der Waals surface area contributed by atoms with Crippen LogP contribution in [0.1, 0.15) is 36.9 Å². The molecule has 1 unspecified atom stereocenters. The van der Waals surface area contributed by atoms with Crippen LogP contribution in [0.5, 0.6) is 11.5 Å². The lowest BCUT2D eigenvalue weighted by Crippen LogP contribution is -2.28.